The maximum atomic E-state index is 8.48. The van der Waals surface area contributed by atoms with Gasteiger partial charge in [-0.2, -0.15) is 0 Å². The van der Waals surface area contributed by atoms with Crippen molar-refractivity contribution in [3.8, 4) is 0 Å². The number of unbranched alkanes of at least 4 members (excludes halogenated alkanes) is 2. The first-order valence-electron chi connectivity index (χ1n) is 19.8. The molecule has 0 rings (SSSR count). The summed E-state index contributed by atoms with van der Waals surface area (Å²) >= 11 is -1.91. The van der Waals surface area contributed by atoms with Gasteiger partial charge in [0.1, 0.15) is 0 Å². The molecule has 1 unspecified atom stereocenters. The third-order valence-electron chi connectivity index (χ3n) is 7.83. The molecule has 311 valence electrons. The zero-order valence-electron chi connectivity index (χ0n) is 34.3. The van der Waals surface area contributed by atoms with Crippen LogP contribution in [0, 0.1) is 0 Å². The SMILES string of the molecule is CCCCCP(CCOCC)CCP(CCOCC)CCOCC.CCOCCP(CCOCC)CCP(CCOCC)CCOCC.[O]=[99Tc]=[O]. The molecule has 0 aromatic carbocycles. The average Bonchev–Trinajstić information content (AvgIpc) is 3.13. The minimum absolute atomic E-state index is 0.0310. The molecule has 0 aromatic heterocycles. The van der Waals surface area contributed by atoms with Crippen LogP contribution in [-0.4, -0.2) is 166 Å². The molecular formula is C37H82O9P4Tc. The molecule has 0 amide bonds. The summed E-state index contributed by atoms with van der Waals surface area (Å²) in [6, 6.07) is 0. The summed E-state index contributed by atoms with van der Waals surface area (Å²) in [5, 5.41) is 0. The molecule has 0 spiro atoms. The summed E-state index contributed by atoms with van der Waals surface area (Å²) in [5.74, 6) is 0. The van der Waals surface area contributed by atoms with Crippen LogP contribution in [0.25, 0.3) is 0 Å². The second kappa shape index (κ2) is 51.7. The van der Waals surface area contributed by atoms with Gasteiger partial charge in [-0.1, -0.05) is 19.8 Å². The zero-order valence-corrected chi connectivity index (χ0v) is 39.8. The Balaban J connectivity index is -0.000000838. The van der Waals surface area contributed by atoms with Gasteiger partial charge in [0.2, 0.25) is 0 Å². The summed E-state index contributed by atoms with van der Waals surface area (Å²) < 4.78 is 56.1. The van der Waals surface area contributed by atoms with E-state index >= 15 is 0 Å². The topological polar surface area (TPSA) is 98.8 Å². The average molecular weight is 894 g/mol. The van der Waals surface area contributed by atoms with E-state index in [-0.39, 0.29) is 31.7 Å². The van der Waals surface area contributed by atoms with E-state index in [2.05, 4.69) is 55.4 Å². The molecule has 0 aliphatic heterocycles. The molecule has 0 bridgehead atoms. The first kappa shape index (κ1) is 57.0. The molecule has 0 aromatic rings. The molecule has 0 heterocycles. The molecular weight excluding hydrogens is 811 g/mol. The van der Waals surface area contributed by atoms with Gasteiger partial charge < -0.3 is 33.2 Å². The van der Waals surface area contributed by atoms with Crippen molar-refractivity contribution in [3.63, 3.8) is 0 Å². The van der Waals surface area contributed by atoms with E-state index in [1.807, 2.05) is 0 Å². The molecule has 0 N–H and O–H groups in total. The standard InChI is InChI=1S/C19H42O3P2.C18H40O4P2.2O.Tc/c1-5-9-10-14-23(15-11-20-6-2)18-19-24(16-12-21-7-3)17-13-22-8-4;1-5-19-9-13-23(14-10-20-6-2)17-18-24(15-11-21-7-3)16-12-22-8-4;;;/h5-19H2,1-4H3;5-18H2,1-4H3;;;/i;;;;1+1. The van der Waals surface area contributed by atoms with E-state index in [0.29, 0.717) is 0 Å². The summed E-state index contributed by atoms with van der Waals surface area (Å²) in [6.07, 6.45) is 19.8. The number of rotatable bonds is 38. The van der Waals surface area contributed by atoms with E-state index in [9.17, 15) is 0 Å². The Labute approximate surface area is 329 Å². The van der Waals surface area contributed by atoms with Crippen LogP contribution in [0.15, 0.2) is 0 Å². The first-order chi connectivity index (χ1) is 25.0. The van der Waals surface area contributed by atoms with Gasteiger partial charge in [-0.25, -0.2) is 0 Å². The van der Waals surface area contributed by atoms with Crippen LogP contribution in [0.5, 0.6) is 0 Å². The Morgan fingerprint density at radius 1 is 0.314 bits per heavy atom. The Hall–Kier alpha value is 1.69. The number of ether oxygens (including phenoxy) is 7. The summed E-state index contributed by atoms with van der Waals surface area (Å²) in [7, 11) is 0.290. The summed E-state index contributed by atoms with van der Waals surface area (Å²) in [5.41, 5.74) is 0. The third-order valence-corrected chi connectivity index (χ3v) is 18.6. The van der Waals surface area contributed by atoms with Gasteiger partial charge in [-0.3, -0.25) is 0 Å². The van der Waals surface area contributed by atoms with Crippen molar-refractivity contribution in [2.75, 3.05) is 166 Å². The van der Waals surface area contributed by atoms with E-state index in [1.165, 1.54) is 93.2 Å². The fourth-order valence-corrected chi connectivity index (χ4v) is 15.4. The van der Waals surface area contributed by atoms with Gasteiger partial charge in [-0.15, -0.1) is 31.7 Å². The molecule has 0 aliphatic rings. The fourth-order valence-electron chi connectivity index (χ4n) is 4.86. The van der Waals surface area contributed by atoms with Crippen LogP contribution in [0.2, 0.25) is 0 Å². The van der Waals surface area contributed by atoms with Crippen molar-refractivity contribution in [3.05, 3.63) is 0 Å². The van der Waals surface area contributed by atoms with Gasteiger partial charge in [-0.05, 0) is 129 Å². The molecule has 9 nitrogen and oxygen atoms in total. The van der Waals surface area contributed by atoms with Gasteiger partial charge in [0.15, 0.2) is 0 Å². The van der Waals surface area contributed by atoms with Crippen molar-refractivity contribution in [1.82, 2.24) is 0 Å². The van der Waals surface area contributed by atoms with E-state index in [1.54, 1.807) is 0 Å². The van der Waals surface area contributed by atoms with Gasteiger partial charge in [0.25, 0.3) is 0 Å². The molecule has 0 saturated heterocycles. The van der Waals surface area contributed by atoms with Crippen LogP contribution in [0.3, 0.4) is 0 Å². The normalized spacial score (nSPS) is 11.8. The van der Waals surface area contributed by atoms with Crippen LogP contribution in [-0.2, 0) is 57.8 Å². The van der Waals surface area contributed by atoms with Crippen molar-refractivity contribution in [2.24, 2.45) is 0 Å². The molecule has 51 heavy (non-hydrogen) atoms. The second-order valence-corrected chi connectivity index (χ2v) is 22.6. The molecule has 0 saturated carbocycles. The van der Waals surface area contributed by atoms with E-state index in [0.717, 1.165) is 92.5 Å². The molecule has 0 fully saturated rings. The van der Waals surface area contributed by atoms with E-state index in [4.69, 9.17) is 40.2 Å². The monoisotopic (exact) mass is 893 g/mol. The van der Waals surface area contributed by atoms with Gasteiger partial charge in [0.05, 0.1) is 46.2 Å². The van der Waals surface area contributed by atoms with Crippen molar-refractivity contribution < 1.29 is 57.8 Å². The molecule has 1 atom stereocenters. The third kappa shape index (κ3) is 47.8. The Bertz CT molecular complexity index is 536. The number of hydrogen-bond acceptors (Lipinski definition) is 9. The minimum atomic E-state index is -1.91. The van der Waals surface area contributed by atoms with Crippen LogP contribution < -0.4 is 0 Å². The van der Waals surface area contributed by atoms with Crippen LogP contribution >= 0.6 is 31.7 Å². The van der Waals surface area contributed by atoms with Crippen molar-refractivity contribution in [1.29, 1.82) is 0 Å². The quantitative estimate of drug-likeness (QED) is 0.0444. The van der Waals surface area contributed by atoms with Gasteiger partial charge >= 0.3 is 24.6 Å². The van der Waals surface area contributed by atoms with Gasteiger partial charge in [0, 0.05) is 46.2 Å². The Kier molecular flexibility index (Phi) is 57.8. The predicted octanol–water partition coefficient (Wildman–Crippen LogP) is 9.11. The summed E-state index contributed by atoms with van der Waals surface area (Å²) in [4.78, 5) is 0. The number of hydrogen-bond donors (Lipinski definition) is 0. The summed E-state index contributed by atoms with van der Waals surface area (Å²) in [6.45, 7) is 29.1. The second-order valence-electron chi connectivity index (χ2n) is 11.5. The van der Waals surface area contributed by atoms with Crippen molar-refractivity contribution >= 4 is 31.7 Å². The Morgan fingerprint density at radius 3 is 0.686 bits per heavy atom. The van der Waals surface area contributed by atoms with Crippen LogP contribution in [0.4, 0.5) is 0 Å². The van der Waals surface area contributed by atoms with Crippen LogP contribution in [0.1, 0.15) is 74.7 Å². The maximum absolute atomic E-state index is 8.48. The Morgan fingerprint density at radius 2 is 0.510 bits per heavy atom. The molecule has 14 heteroatoms. The predicted molar refractivity (Wildman–Crippen MR) is 222 cm³/mol. The van der Waals surface area contributed by atoms with Crippen molar-refractivity contribution in [2.45, 2.75) is 74.7 Å². The fraction of sp³-hybridized carbons (Fsp3) is 1.00. The molecule has 0 aliphatic carbocycles. The van der Waals surface area contributed by atoms with E-state index < -0.39 is 17.6 Å². The first-order valence-corrected chi connectivity index (χ1v) is 28.9. The zero-order chi connectivity index (χ0) is 38.5. The molecule has 0 radical (unpaired) electrons.